The first kappa shape index (κ1) is 41.6. The maximum Gasteiger partial charge on any atom is 0.408 e. The van der Waals surface area contributed by atoms with Gasteiger partial charge in [-0.25, -0.2) is 4.79 Å². The summed E-state index contributed by atoms with van der Waals surface area (Å²) in [6, 6.07) is 32.1. The number of esters is 1. The van der Waals surface area contributed by atoms with Gasteiger partial charge in [-0.3, -0.25) is 9.59 Å². The third-order valence-electron chi connectivity index (χ3n) is 10.7. The molecule has 0 spiro atoms. The van der Waals surface area contributed by atoms with E-state index in [0.29, 0.717) is 38.5 Å². The molecule has 6 rings (SSSR count). The van der Waals surface area contributed by atoms with Gasteiger partial charge in [0.05, 0.1) is 13.0 Å². The molecule has 0 saturated carbocycles. The zero-order valence-electron chi connectivity index (χ0n) is 34.5. The number of ether oxygens (including phenoxy) is 4. The minimum absolute atomic E-state index is 0.0464. The van der Waals surface area contributed by atoms with Gasteiger partial charge in [0.1, 0.15) is 17.7 Å². The minimum Gasteiger partial charge on any atom is -0.460 e. The molecule has 0 heterocycles. The molecule has 2 amide bonds. The number of hydrogen-bond acceptors (Lipinski definition) is 7. The summed E-state index contributed by atoms with van der Waals surface area (Å²) in [7, 11) is 0. The van der Waals surface area contributed by atoms with Crippen LogP contribution in [0.3, 0.4) is 0 Å². The predicted molar refractivity (Wildman–Crippen MR) is 223 cm³/mol. The summed E-state index contributed by atoms with van der Waals surface area (Å²) in [5.74, 6) is -1.07. The van der Waals surface area contributed by atoms with E-state index in [1.165, 1.54) is 22.3 Å². The number of nitrogens with one attached hydrogen (secondary N) is 1. The van der Waals surface area contributed by atoms with Gasteiger partial charge >= 0.3 is 12.1 Å². The molecular weight excluding hydrogens is 717 g/mol. The molecule has 1 N–H and O–H groups in total. The molecule has 0 saturated heterocycles. The van der Waals surface area contributed by atoms with Gasteiger partial charge in [0.25, 0.3) is 0 Å². The summed E-state index contributed by atoms with van der Waals surface area (Å²) >= 11 is 0. The number of benzene rings is 4. The third-order valence-corrected chi connectivity index (χ3v) is 10.7. The van der Waals surface area contributed by atoms with Gasteiger partial charge < -0.3 is 29.2 Å². The van der Waals surface area contributed by atoms with E-state index < -0.39 is 42.0 Å². The number of carbonyl (C=O) groups is 3. The van der Waals surface area contributed by atoms with Gasteiger partial charge in [-0.15, -0.1) is 0 Å². The summed E-state index contributed by atoms with van der Waals surface area (Å²) in [4.78, 5) is 44.1. The van der Waals surface area contributed by atoms with Crippen LogP contribution in [0.25, 0.3) is 22.3 Å². The highest BCUT2D eigenvalue weighted by atomic mass is 16.7. The standard InChI is InChI=1S/C48H58N2O7/c1-8-54-44(55-9-2)30-50(27-26-31(3)4)46(52)41(29-43(51)57-48(5,6)7)49-47(53)56-42(45-38-24-16-14-20-34(38)35-21-15-17-25-39(35)45)28-40-36-22-12-10-18-32(36)33-19-11-13-23-37(33)40/h10-25,31,40-42,44-45H,8-9,26-30H2,1-7H3,(H,49,53). The van der Waals surface area contributed by atoms with Crippen LogP contribution in [-0.4, -0.2) is 73.2 Å². The first-order valence-corrected chi connectivity index (χ1v) is 20.5. The molecule has 302 valence electrons. The number of amides is 2. The third kappa shape index (κ3) is 9.94. The number of hydrogen-bond donors (Lipinski definition) is 1. The molecule has 9 nitrogen and oxygen atoms in total. The van der Waals surface area contributed by atoms with Crippen molar-refractivity contribution in [2.24, 2.45) is 5.92 Å². The lowest BCUT2D eigenvalue weighted by Crippen LogP contribution is -2.53. The van der Waals surface area contributed by atoms with Crippen LogP contribution in [0.1, 0.15) is 102 Å². The maximum absolute atomic E-state index is 14.6. The van der Waals surface area contributed by atoms with Crippen molar-refractivity contribution in [3.8, 4) is 22.3 Å². The van der Waals surface area contributed by atoms with E-state index in [1.54, 1.807) is 25.7 Å². The molecule has 4 aromatic rings. The van der Waals surface area contributed by atoms with Gasteiger partial charge in [0.15, 0.2) is 6.29 Å². The molecule has 9 heteroatoms. The Morgan fingerprint density at radius 2 is 1.19 bits per heavy atom. The molecule has 2 aliphatic carbocycles. The van der Waals surface area contributed by atoms with E-state index in [2.05, 4.69) is 92.0 Å². The van der Waals surface area contributed by atoms with Crippen LogP contribution in [0.2, 0.25) is 0 Å². The Labute approximate surface area is 338 Å². The van der Waals surface area contributed by atoms with Crippen LogP contribution in [0.15, 0.2) is 97.1 Å². The zero-order valence-corrected chi connectivity index (χ0v) is 34.5. The van der Waals surface area contributed by atoms with Crippen LogP contribution in [0.4, 0.5) is 4.79 Å². The monoisotopic (exact) mass is 774 g/mol. The van der Waals surface area contributed by atoms with E-state index >= 15 is 0 Å². The first-order chi connectivity index (χ1) is 27.4. The van der Waals surface area contributed by atoms with Crippen LogP contribution in [-0.2, 0) is 28.5 Å². The maximum atomic E-state index is 14.6. The van der Waals surface area contributed by atoms with E-state index in [9.17, 15) is 14.4 Å². The molecule has 0 bridgehead atoms. The fourth-order valence-electron chi connectivity index (χ4n) is 8.29. The Hall–Kier alpha value is -4.99. The number of carbonyl (C=O) groups excluding carboxylic acids is 3. The molecule has 2 atom stereocenters. The minimum atomic E-state index is -1.26. The fourth-order valence-corrected chi connectivity index (χ4v) is 8.29. The van der Waals surface area contributed by atoms with E-state index in [1.807, 2.05) is 38.1 Å². The average molecular weight is 775 g/mol. The quantitative estimate of drug-likeness (QED) is 0.0843. The van der Waals surface area contributed by atoms with Crippen molar-refractivity contribution in [3.05, 3.63) is 119 Å². The molecule has 0 aliphatic heterocycles. The lowest BCUT2D eigenvalue weighted by molar-refractivity contribution is -0.163. The van der Waals surface area contributed by atoms with E-state index in [0.717, 1.165) is 22.3 Å². The van der Waals surface area contributed by atoms with Crippen LogP contribution in [0, 0.1) is 5.92 Å². The number of alkyl carbamates (subject to hydrolysis) is 1. The Balaban J connectivity index is 1.35. The highest BCUT2D eigenvalue weighted by molar-refractivity contribution is 5.90. The Kier molecular flexibility index (Phi) is 13.5. The molecule has 0 fully saturated rings. The van der Waals surface area contributed by atoms with Crippen molar-refractivity contribution in [2.75, 3.05) is 26.3 Å². The zero-order chi connectivity index (χ0) is 40.7. The molecule has 0 aromatic heterocycles. The Morgan fingerprint density at radius 1 is 0.719 bits per heavy atom. The Morgan fingerprint density at radius 3 is 1.67 bits per heavy atom. The molecule has 4 aromatic carbocycles. The topological polar surface area (TPSA) is 103 Å². The number of fused-ring (bicyclic) bond motifs is 6. The van der Waals surface area contributed by atoms with Crippen molar-refractivity contribution in [1.82, 2.24) is 10.2 Å². The number of rotatable bonds is 17. The molecule has 2 aliphatic rings. The van der Waals surface area contributed by atoms with Crippen molar-refractivity contribution in [1.29, 1.82) is 0 Å². The lowest BCUT2D eigenvalue weighted by Gasteiger charge is -2.32. The highest BCUT2D eigenvalue weighted by Gasteiger charge is 2.41. The van der Waals surface area contributed by atoms with E-state index in [-0.39, 0.29) is 24.8 Å². The molecule has 2 unspecified atom stereocenters. The van der Waals surface area contributed by atoms with Crippen LogP contribution < -0.4 is 5.32 Å². The summed E-state index contributed by atoms with van der Waals surface area (Å²) in [5.41, 5.74) is 8.30. The Bertz CT molecular complexity index is 1920. The predicted octanol–water partition coefficient (Wildman–Crippen LogP) is 9.47. The summed E-state index contributed by atoms with van der Waals surface area (Å²) < 4.78 is 24.0. The molecule has 0 radical (unpaired) electrons. The van der Waals surface area contributed by atoms with Crippen molar-refractivity contribution >= 4 is 18.0 Å². The SMILES string of the molecule is CCOC(CN(CCC(C)C)C(=O)C(CC(=O)OC(C)(C)C)NC(=O)OC(CC1c2ccccc2-c2ccccc21)C1c2ccccc2-c2ccccc21)OCC. The summed E-state index contributed by atoms with van der Waals surface area (Å²) in [5, 5.41) is 2.87. The second-order valence-electron chi connectivity index (χ2n) is 16.4. The average Bonchev–Trinajstić information content (AvgIpc) is 3.67. The lowest BCUT2D eigenvalue weighted by atomic mass is 9.82. The second kappa shape index (κ2) is 18.5. The smallest absolute Gasteiger partial charge is 0.408 e. The first-order valence-electron chi connectivity index (χ1n) is 20.5. The van der Waals surface area contributed by atoms with Gasteiger partial charge in [-0.05, 0) is 97.9 Å². The van der Waals surface area contributed by atoms with Gasteiger partial charge in [-0.2, -0.15) is 0 Å². The molecular formula is C48H58N2O7. The summed E-state index contributed by atoms with van der Waals surface area (Å²) in [6.07, 6.45) is -1.28. The van der Waals surface area contributed by atoms with E-state index in [4.69, 9.17) is 18.9 Å². The highest BCUT2D eigenvalue weighted by Crippen LogP contribution is 2.52. The normalized spacial score (nSPS) is 14.4. The van der Waals surface area contributed by atoms with Gasteiger partial charge in [0, 0.05) is 31.6 Å². The van der Waals surface area contributed by atoms with Crippen molar-refractivity contribution in [2.45, 2.75) is 104 Å². The van der Waals surface area contributed by atoms with Gasteiger partial charge in [-0.1, -0.05) is 111 Å². The van der Waals surface area contributed by atoms with Crippen LogP contribution >= 0.6 is 0 Å². The van der Waals surface area contributed by atoms with Crippen molar-refractivity contribution < 1.29 is 33.3 Å². The number of nitrogens with zero attached hydrogens (tertiary/aromatic N) is 1. The molecule has 57 heavy (non-hydrogen) atoms. The van der Waals surface area contributed by atoms with Gasteiger partial charge in [0.2, 0.25) is 5.91 Å². The van der Waals surface area contributed by atoms with Crippen molar-refractivity contribution in [3.63, 3.8) is 0 Å². The largest absolute Gasteiger partial charge is 0.460 e. The van der Waals surface area contributed by atoms with Crippen LogP contribution in [0.5, 0.6) is 0 Å². The summed E-state index contributed by atoms with van der Waals surface area (Å²) in [6.45, 7) is 14.5. The second-order valence-corrected chi connectivity index (χ2v) is 16.4. The fraction of sp³-hybridized carbons (Fsp3) is 0.438.